The lowest BCUT2D eigenvalue weighted by Crippen LogP contribution is -1.99. The molecule has 0 aliphatic carbocycles. The molecule has 1 aromatic carbocycles. The first-order valence-electron chi connectivity index (χ1n) is 5.58. The minimum Gasteiger partial charge on any atom is -0.324 e. The second-order valence-electron chi connectivity index (χ2n) is 3.75. The van der Waals surface area contributed by atoms with Gasteiger partial charge in [0, 0.05) is 11.4 Å². The summed E-state index contributed by atoms with van der Waals surface area (Å²) in [5.41, 5.74) is 2.86. The fourth-order valence-corrected chi connectivity index (χ4v) is 1.56. The fourth-order valence-electron chi connectivity index (χ4n) is 1.56. The van der Waals surface area contributed by atoms with Gasteiger partial charge in [0.15, 0.2) is 0 Å². The number of hydrogen-bond acceptors (Lipinski definition) is 3. The first-order valence-corrected chi connectivity index (χ1v) is 5.58. The Labute approximate surface area is 101 Å². The summed E-state index contributed by atoms with van der Waals surface area (Å²) in [5, 5.41) is 3.19. The monoisotopic (exact) mass is 225 g/mol. The van der Waals surface area contributed by atoms with E-state index in [2.05, 4.69) is 15.3 Å². The van der Waals surface area contributed by atoms with Crippen LogP contribution in [0.3, 0.4) is 0 Å². The third-order valence-electron chi connectivity index (χ3n) is 2.24. The van der Waals surface area contributed by atoms with E-state index < -0.39 is 0 Å². The van der Waals surface area contributed by atoms with Crippen molar-refractivity contribution in [3.05, 3.63) is 53.9 Å². The topological polar surface area (TPSA) is 37.8 Å². The van der Waals surface area contributed by atoms with Crippen molar-refractivity contribution in [2.24, 2.45) is 0 Å². The van der Waals surface area contributed by atoms with Gasteiger partial charge < -0.3 is 5.32 Å². The molecule has 0 amide bonds. The molecule has 2 rings (SSSR count). The maximum atomic E-state index is 4.41. The number of aryl methyl sites for hydroxylation is 1. The number of allylic oxidation sites excluding steroid dienone is 1. The Balaban J connectivity index is 2.27. The molecule has 1 N–H and O–H groups in total. The number of para-hydroxylation sites is 1. The number of nitrogens with zero attached hydrogens (tertiary/aromatic N) is 2. The van der Waals surface area contributed by atoms with E-state index in [0.29, 0.717) is 5.95 Å². The maximum Gasteiger partial charge on any atom is 0.227 e. The molecule has 0 saturated heterocycles. The lowest BCUT2D eigenvalue weighted by atomic mass is 10.3. The number of anilines is 2. The molecule has 0 unspecified atom stereocenters. The van der Waals surface area contributed by atoms with E-state index in [-0.39, 0.29) is 0 Å². The van der Waals surface area contributed by atoms with Gasteiger partial charge in [-0.25, -0.2) is 9.97 Å². The predicted molar refractivity (Wildman–Crippen MR) is 71.2 cm³/mol. The summed E-state index contributed by atoms with van der Waals surface area (Å²) in [4.78, 5) is 8.76. The van der Waals surface area contributed by atoms with Crippen LogP contribution in [0.1, 0.15) is 18.3 Å². The summed E-state index contributed by atoms with van der Waals surface area (Å²) < 4.78 is 0. The molecule has 0 saturated carbocycles. The smallest absolute Gasteiger partial charge is 0.227 e. The summed E-state index contributed by atoms with van der Waals surface area (Å²) >= 11 is 0. The molecule has 0 spiro atoms. The lowest BCUT2D eigenvalue weighted by Gasteiger charge is -2.06. The number of aromatic nitrogens is 2. The molecule has 0 bridgehead atoms. The summed E-state index contributed by atoms with van der Waals surface area (Å²) in [6.45, 7) is 3.94. The summed E-state index contributed by atoms with van der Waals surface area (Å²) in [6.07, 6.45) is 3.93. The van der Waals surface area contributed by atoms with Crippen molar-refractivity contribution in [3.8, 4) is 0 Å². The Bertz CT molecular complexity index is 518. The van der Waals surface area contributed by atoms with Gasteiger partial charge in [-0.1, -0.05) is 24.3 Å². The van der Waals surface area contributed by atoms with E-state index >= 15 is 0 Å². The first kappa shape index (κ1) is 11.3. The fraction of sp³-hybridized carbons (Fsp3) is 0.143. The van der Waals surface area contributed by atoms with Crippen LogP contribution in [-0.2, 0) is 0 Å². The average molecular weight is 225 g/mol. The van der Waals surface area contributed by atoms with Crippen molar-refractivity contribution in [1.29, 1.82) is 0 Å². The van der Waals surface area contributed by atoms with Gasteiger partial charge in [-0.2, -0.15) is 0 Å². The molecule has 2 aromatic rings. The van der Waals surface area contributed by atoms with Crippen LogP contribution in [-0.4, -0.2) is 9.97 Å². The van der Waals surface area contributed by atoms with E-state index in [4.69, 9.17) is 0 Å². The van der Waals surface area contributed by atoms with E-state index in [0.717, 1.165) is 17.1 Å². The maximum absolute atomic E-state index is 4.41. The van der Waals surface area contributed by atoms with Crippen molar-refractivity contribution in [1.82, 2.24) is 9.97 Å². The molecule has 0 aliphatic heterocycles. The largest absolute Gasteiger partial charge is 0.324 e. The second kappa shape index (κ2) is 5.25. The zero-order valence-corrected chi connectivity index (χ0v) is 10.0. The summed E-state index contributed by atoms with van der Waals surface area (Å²) in [7, 11) is 0. The Morgan fingerprint density at radius 1 is 1.12 bits per heavy atom. The molecular weight excluding hydrogens is 210 g/mol. The van der Waals surface area contributed by atoms with Crippen molar-refractivity contribution >= 4 is 17.7 Å². The van der Waals surface area contributed by atoms with Gasteiger partial charge in [-0.3, -0.25) is 0 Å². The molecule has 3 nitrogen and oxygen atoms in total. The molecule has 0 aliphatic rings. The van der Waals surface area contributed by atoms with Crippen LogP contribution in [0.2, 0.25) is 0 Å². The SMILES string of the molecule is C/C=C\c1cc(C)nc(Nc2ccccc2)n1. The van der Waals surface area contributed by atoms with Crippen LogP contribution < -0.4 is 5.32 Å². The van der Waals surface area contributed by atoms with Crippen LogP contribution in [0.4, 0.5) is 11.6 Å². The molecule has 3 heteroatoms. The minimum absolute atomic E-state index is 0.629. The van der Waals surface area contributed by atoms with Crippen molar-refractivity contribution in [2.75, 3.05) is 5.32 Å². The van der Waals surface area contributed by atoms with Crippen LogP contribution in [0.25, 0.3) is 6.08 Å². The van der Waals surface area contributed by atoms with Gasteiger partial charge in [0.1, 0.15) is 0 Å². The highest BCUT2D eigenvalue weighted by atomic mass is 15.1. The Morgan fingerprint density at radius 3 is 2.59 bits per heavy atom. The highest BCUT2D eigenvalue weighted by molar-refractivity contribution is 5.55. The molecule has 1 aromatic heterocycles. The van der Waals surface area contributed by atoms with Crippen LogP contribution in [0.5, 0.6) is 0 Å². The first-order chi connectivity index (χ1) is 8.28. The van der Waals surface area contributed by atoms with Gasteiger partial charge in [0.2, 0.25) is 5.95 Å². The minimum atomic E-state index is 0.629. The zero-order valence-electron chi connectivity index (χ0n) is 10.0. The molecule has 0 atom stereocenters. The highest BCUT2D eigenvalue weighted by Crippen LogP contribution is 2.13. The summed E-state index contributed by atoms with van der Waals surface area (Å²) in [6, 6.07) is 11.9. The Hall–Kier alpha value is -2.16. The molecule has 0 fully saturated rings. The van der Waals surface area contributed by atoms with Gasteiger partial charge in [-0.15, -0.1) is 0 Å². The Morgan fingerprint density at radius 2 is 1.88 bits per heavy atom. The van der Waals surface area contributed by atoms with Gasteiger partial charge in [-0.05, 0) is 38.1 Å². The third-order valence-corrected chi connectivity index (χ3v) is 2.24. The van der Waals surface area contributed by atoms with Gasteiger partial charge in [0.05, 0.1) is 5.69 Å². The lowest BCUT2D eigenvalue weighted by molar-refractivity contribution is 1.09. The van der Waals surface area contributed by atoms with Crippen LogP contribution >= 0.6 is 0 Å². The van der Waals surface area contributed by atoms with E-state index in [9.17, 15) is 0 Å². The quantitative estimate of drug-likeness (QED) is 0.867. The van der Waals surface area contributed by atoms with Crippen LogP contribution in [0.15, 0.2) is 42.5 Å². The zero-order chi connectivity index (χ0) is 12.1. The number of benzene rings is 1. The normalized spacial score (nSPS) is 10.7. The number of rotatable bonds is 3. The van der Waals surface area contributed by atoms with Gasteiger partial charge >= 0.3 is 0 Å². The number of nitrogens with one attached hydrogen (secondary N) is 1. The van der Waals surface area contributed by atoms with Crippen molar-refractivity contribution in [2.45, 2.75) is 13.8 Å². The second-order valence-corrected chi connectivity index (χ2v) is 3.75. The van der Waals surface area contributed by atoms with Crippen LogP contribution in [0, 0.1) is 6.92 Å². The predicted octanol–water partition coefficient (Wildman–Crippen LogP) is 3.56. The molecule has 17 heavy (non-hydrogen) atoms. The number of hydrogen-bond donors (Lipinski definition) is 1. The standard InChI is InChI=1S/C14H15N3/c1-3-7-13-10-11(2)15-14(17-13)16-12-8-5-4-6-9-12/h3-10H,1-2H3,(H,15,16,17)/b7-3-. The molecule has 0 radical (unpaired) electrons. The summed E-state index contributed by atoms with van der Waals surface area (Å²) in [5.74, 6) is 0.629. The third kappa shape index (κ3) is 3.14. The van der Waals surface area contributed by atoms with Crippen molar-refractivity contribution in [3.63, 3.8) is 0 Å². The average Bonchev–Trinajstić information content (AvgIpc) is 2.30. The van der Waals surface area contributed by atoms with Crippen molar-refractivity contribution < 1.29 is 0 Å². The molecule has 1 heterocycles. The highest BCUT2D eigenvalue weighted by Gasteiger charge is 2.00. The molecule has 86 valence electrons. The van der Waals surface area contributed by atoms with E-state index in [1.54, 1.807) is 0 Å². The molecular formula is C14H15N3. The van der Waals surface area contributed by atoms with E-state index in [1.165, 1.54) is 0 Å². The van der Waals surface area contributed by atoms with E-state index in [1.807, 2.05) is 62.4 Å². The Kier molecular flexibility index (Phi) is 3.50. The van der Waals surface area contributed by atoms with Gasteiger partial charge in [0.25, 0.3) is 0 Å².